The molecule has 0 radical (unpaired) electrons. The van der Waals surface area contributed by atoms with Crippen LogP contribution in [0.15, 0.2) is 29.0 Å². The smallest absolute Gasteiger partial charge is 0.227 e. The zero-order valence-electron chi connectivity index (χ0n) is 14.0. The molecule has 0 aliphatic carbocycles. The Hall–Kier alpha value is -2.24. The minimum Gasteiger partial charge on any atom is -0.354 e. The SMILES string of the molecule is CC(C)CC[C@@H](C)NC(=O)CCc1nc(-c2cccnc2)no1. The van der Waals surface area contributed by atoms with Gasteiger partial charge in [-0.05, 0) is 37.8 Å². The molecule has 0 aliphatic rings. The first kappa shape index (κ1) is 17.1. The molecular formula is C17H24N4O2. The van der Waals surface area contributed by atoms with Crippen molar-refractivity contribution in [1.82, 2.24) is 20.4 Å². The predicted molar refractivity (Wildman–Crippen MR) is 87.5 cm³/mol. The van der Waals surface area contributed by atoms with Crippen molar-refractivity contribution in [3.05, 3.63) is 30.4 Å². The van der Waals surface area contributed by atoms with Crippen LogP contribution in [-0.2, 0) is 11.2 Å². The number of amides is 1. The van der Waals surface area contributed by atoms with Gasteiger partial charge in [0.15, 0.2) is 0 Å². The second-order valence-corrected chi connectivity index (χ2v) is 6.19. The molecule has 1 N–H and O–H groups in total. The van der Waals surface area contributed by atoms with Gasteiger partial charge >= 0.3 is 0 Å². The molecular weight excluding hydrogens is 292 g/mol. The average molecular weight is 316 g/mol. The third kappa shape index (κ3) is 5.81. The number of aromatic nitrogens is 3. The highest BCUT2D eigenvalue weighted by Gasteiger charge is 2.12. The van der Waals surface area contributed by atoms with E-state index in [2.05, 4.69) is 34.3 Å². The maximum Gasteiger partial charge on any atom is 0.227 e. The molecule has 6 heteroatoms. The second kappa shape index (κ2) is 8.41. The fourth-order valence-electron chi connectivity index (χ4n) is 2.19. The van der Waals surface area contributed by atoms with Gasteiger partial charge in [0.05, 0.1) is 0 Å². The van der Waals surface area contributed by atoms with Gasteiger partial charge in [-0.25, -0.2) is 0 Å². The van der Waals surface area contributed by atoms with Crippen LogP contribution in [0.5, 0.6) is 0 Å². The van der Waals surface area contributed by atoms with E-state index in [0.29, 0.717) is 30.5 Å². The highest BCUT2D eigenvalue weighted by molar-refractivity contribution is 5.76. The Balaban J connectivity index is 1.78. The van der Waals surface area contributed by atoms with Crippen LogP contribution in [0.2, 0.25) is 0 Å². The van der Waals surface area contributed by atoms with E-state index in [9.17, 15) is 4.79 Å². The minimum atomic E-state index is 0.0161. The number of pyridine rings is 1. The number of nitrogens with zero attached hydrogens (tertiary/aromatic N) is 3. The third-order valence-electron chi connectivity index (χ3n) is 3.54. The molecule has 23 heavy (non-hydrogen) atoms. The Bertz CT molecular complexity index is 610. The highest BCUT2D eigenvalue weighted by Crippen LogP contribution is 2.14. The Labute approximate surface area is 136 Å². The summed E-state index contributed by atoms with van der Waals surface area (Å²) in [5.41, 5.74) is 0.800. The van der Waals surface area contributed by atoms with Crippen LogP contribution in [0.3, 0.4) is 0 Å². The summed E-state index contributed by atoms with van der Waals surface area (Å²) in [6.45, 7) is 6.40. The zero-order valence-corrected chi connectivity index (χ0v) is 14.0. The lowest BCUT2D eigenvalue weighted by Crippen LogP contribution is -2.32. The van der Waals surface area contributed by atoms with Crippen LogP contribution in [0.4, 0.5) is 0 Å². The van der Waals surface area contributed by atoms with E-state index in [-0.39, 0.29) is 11.9 Å². The van der Waals surface area contributed by atoms with Gasteiger partial charge in [0, 0.05) is 36.8 Å². The molecule has 124 valence electrons. The van der Waals surface area contributed by atoms with Crippen molar-refractivity contribution in [3.8, 4) is 11.4 Å². The number of aryl methyl sites for hydroxylation is 1. The maximum absolute atomic E-state index is 11.9. The lowest BCUT2D eigenvalue weighted by Gasteiger charge is -2.14. The van der Waals surface area contributed by atoms with Crippen molar-refractivity contribution in [3.63, 3.8) is 0 Å². The van der Waals surface area contributed by atoms with Crippen LogP contribution in [0.25, 0.3) is 11.4 Å². The van der Waals surface area contributed by atoms with Crippen LogP contribution in [0.1, 0.15) is 45.9 Å². The first-order chi connectivity index (χ1) is 11.0. The molecule has 1 atom stereocenters. The highest BCUT2D eigenvalue weighted by atomic mass is 16.5. The Kier molecular flexibility index (Phi) is 6.26. The fraction of sp³-hybridized carbons (Fsp3) is 0.529. The van der Waals surface area contributed by atoms with Gasteiger partial charge in [0.1, 0.15) is 0 Å². The molecule has 0 unspecified atom stereocenters. The molecule has 0 aliphatic heterocycles. The molecule has 0 spiro atoms. The number of carbonyl (C=O) groups excluding carboxylic acids is 1. The number of carbonyl (C=O) groups is 1. The average Bonchev–Trinajstić information content (AvgIpc) is 3.01. The third-order valence-corrected chi connectivity index (χ3v) is 3.54. The predicted octanol–water partition coefficient (Wildman–Crippen LogP) is 3.01. The quantitative estimate of drug-likeness (QED) is 0.809. The largest absolute Gasteiger partial charge is 0.354 e. The summed E-state index contributed by atoms with van der Waals surface area (Å²) in [6.07, 6.45) is 6.26. The molecule has 2 aromatic heterocycles. The molecule has 1 amide bonds. The number of hydrogen-bond donors (Lipinski definition) is 1. The van der Waals surface area contributed by atoms with Crippen molar-refractivity contribution in [2.75, 3.05) is 0 Å². The summed E-state index contributed by atoms with van der Waals surface area (Å²) in [4.78, 5) is 20.3. The molecule has 0 saturated heterocycles. The van der Waals surface area contributed by atoms with Gasteiger partial charge in [0.2, 0.25) is 17.6 Å². The summed E-state index contributed by atoms with van der Waals surface area (Å²) in [7, 11) is 0. The zero-order chi connectivity index (χ0) is 16.7. The van der Waals surface area contributed by atoms with Gasteiger partial charge in [-0.3, -0.25) is 9.78 Å². The summed E-state index contributed by atoms with van der Waals surface area (Å²) >= 11 is 0. The lowest BCUT2D eigenvalue weighted by atomic mass is 10.0. The molecule has 2 heterocycles. The second-order valence-electron chi connectivity index (χ2n) is 6.19. The minimum absolute atomic E-state index is 0.0161. The number of hydrogen-bond acceptors (Lipinski definition) is 5. The van der Waals surface area contributed by atoms with Gasteiger partial charge in [-0.2, -0.15) is 4.98 Å². The molecule has 2 rings (SSSR count). The first-order valence-corrected chi connectivity index (χ1v) is 8.07. The maximum atomic E-state index is 11.9. The van der Waals surface area contributed by atoms with Crippen molar-refractivity contribution in [2.45, 2.75) is 52.5 Å². The normalized spacial score (nSPS) is 12.3. The molecule has 0 saturated carbocycles. The lowest BCUT2D eigenvalue weighted by molar-refractivity contribution is -0.121. The van der Waals surface area contributed by atoms with Crippen molar-refractivity contribution in [1.29, 1.82) is 0 Å². The summed E-state index contributed by atoms with van der Waals surface area (Å²) in [5, 5.41) is 6.92. The summed E-state index contributed by atoms with van der Waals surface area (Å²) in [6, 6.07) is 3.88. The van der Waals surface area contributed by atoms with Crippen LogP contribution in [0, 0.1) is 5.92 Å². The van der Waals surface area contributed by atoms with Crippen LogP contribution in [-0.4, -0.2) is 27.1 Å². The van der Waals surface area contributed by atoms with Crippen molar-refractivity contribution in [2.24, 2.45) is 5.92 Å². The summed E-state index contributed by atoms with van der Waals surface area (Å²) in [5.74, 6) is 1.63. The Morgan fingerprint density at radius 2 is 2.13 bits per heavy atom. The van der Waals surface area contributed by atoms with E-state index < -0.39 is 0 Å². The van der Waals surface area contributed by atoms with E-state index in [1.54, 1.807) is 12.4 Å². The van der Waals surface area contributed by atoms with Gasteiger partial charge < -0.3 is 9.84 Å². The molecule has 0 fully saturated rings. The topological polar surface area (TPSA) is 80.9 Å². The molecule has 2 aromatic rings. The Morgan fingerprint density at radius 1 is 1.30 bits per heavy atom. The number of rotatable bonds is 8. The van der Waals surface area contributed by atoms with E-state index >= 15 is 0 Å². The number of nitrogens with one attached hydrogen (secondary N) is 1. The molecule has 6 nitrogen and oxygen atoms in total. The monoisotopic (exact) mass is 316 g/mol. The van der Waals surface area contributed by atoms with Gasteiger partial charge in [-0.1, -0.05) is 19.0 Å². The molecule has 0 aromatic carbocycles. The van der Waals surface area contributed by atoms with Gasteiger partial charge in [0.25, 0.3) is 0 Å². The van der Waals surface area contributed by atoms with Crippen molar-refractivity contribution >= 4 is 5.91 Å². The summed E-state index contributed by atoms with van der Waals surface area (Å²) < 4.78 is 5.18. The van der Waals surface area contributed by atoms with E-state index in [0.717, 1.165) is 18.4 Å². The van der Waals surface area contributed by atoms with E-state index in [4.69, 9.17) is 4.52 Å². The first-order valence-electron chi connectivity index (χ1n) is 8.07. The Morgan fingerprint density at radius 3 is 2.83 bits per heavy atom. The fourth-order valence-corrected chi connectivity index (χ4v) is 2.19. The van der Waals surface area contributed by atoms with Crippen LogP contribution >= 0.6 is 0 Å². The van der Waals surface area contributed by atoms with Crippen molar-refractivity contribution < 1.29 is 9.32 Å². The standard InChI is InChI=1S/C17H24N4O2/c1-12(2)6-7-13(3)19-15(22)8-9-16-20-17(21-23-16)14-5-4-10-18-11-14/h4-5,10-13H,6-9H2,1-3H3,(H,19,22)/t13-/m1/s1. The van der Waals surface area contributed by atoms with Gasteiger partial charge in [-0.15, -0.1) is 0 Å². The van der Waals surface area contributed by atoms with Crippen LogP contribution < -0.4 is 5.32 Å². The van der Waals surface area contributed by atoms with E-state index in [1.807, 2.05) is 19.1 Å². The molecule has 0 bridgehead atoms. The van der Waals surface area contributed by atoms with E-state index in [1.165, 1.54) is 0 Å².